The fraction of sp³-hybridized carbons (Fsp3) is 0.500. The monoisotopic (exact) mass is 288 g/mol. The molecule has 7 heteroatoms. The summed E-state index contributed by atoms with van der Waals surface area (Å²) in [5.74, 6) is 0.261. The Bertz CT molecular complexity index is 502. The predicted molar refractivity (Wildman–Crippen MR) is 73.5 cm³/mol. The molecule has 1 aromatic rings. The predicted octanol–water partition coefficient (Wildman–Crippen LogP) is 0.718. The maximum atomic E-state index is 12.1. The van der Waals surface area contributed by atoms with Gasteiger partial charge in [0, 0.05) is 18.8 Å². The highest BCUT2D eigenvalue weighted by Gasteiger charge is 2.19. The molecule has 1 aromatic carbocycles. The number of aliphatic hydroxyl groups excluding tert-OH is 1. The van der Waals surface area contributed by atoms with E-state index >= 15 is 0 Å². The van der Waals surface area contributed by atoms with Crippen LogP contribution in [-0.4, -0.2) is 33.8 Å². The highest BCUT2D eigenvalue weighted by molar-refractivity contribution is 7.89. The van der Waals surface area contributed by atoms with Crippen LogP contribution < -0.4 is 15.2 Å². The number of anilines is 1. The van der Waals surface area contributed by atoms with E-state index in [-0.39, 0.29) is 17.3 Å². The maximum Gasteiger partial charge on any atom is 0.244 e. The van der Waals surface area contributed by atoms with Gasteiger partial charge in [-0.25, -0.2) is 13.1 Å². The molecule has 108 valence electrons. The van der Waals surface area contributed by atoms with E-state index in [4.69, 9.17) is 15.6 Å². The van der Waals surface area contributed by atoms with Crippen LogP contribution in [0.15, 0.2) is 23.1 Å². The average molecular weight is 288 g/mol. The van der Waals surface area contributed by atoms with Gasteiger partial charge in [0.25, 0.3) is 0 Å². The number of sulfonamides is 1. The first-order valence-corrected chi connectivity index (χ1v) is 7.53. The van der Waals surface area contributed by atoms with Crippen molar-refractivity contribution in [3.05, 3.63) is 18.2 Å². The molecule has 0 atom stereocenters. The third-order valence-corrected chi connectivity index (χ3v) is 4.09. The van der Waals surface area contributed by atoms with E-state index in [1.807, 2.05) is 0 Å². The normalized spacial score (nSPS) is 11.5. The van der Waals surface area contributed by atoms with Crippen molar-refractivity contribution in [3.8, 4) is 5.75 Å². The molecule has 1 rings (SSSR count). The molecule has 0 aliphatic rings. The van der Waals surface area contributed by atoms with E-state index in [1.54, 1.807) is 6.07 Å². The van der Waals surface area contributed by atoms with Gasteiger partial charge in [-0.2, -0.15) is 0 Å². The van der Waals surface area contributed by atoms with Crippen LogP contribution >= 0.6 is 0 Å². The molecule has 4 N–H and O–H groups in total. The second kappa shape index (κ2) is 7.32. The Kier molecular flexibility index (Phi) is 6.07. The second-order valence-electron chi connectivity index (χ2n) is 4.09. The van der Waals surface area contributed by atoms with E-state index in [1.165, 1.54) is 19.2 Å². The van der Waals surface area contributed by atoms with Gasteiger partial charge in [0.2, 0.25) is 10.0 Å². The fourth-order valence-corrected chi connectivity index (χ4v) is 2.88. The van der Waals surface area contributed by atoms with E-state index in [9.17, 15) is 8.42 Å². The van der Waals surface area contributed by atoms with Crippen LogP contribution in [0.1, 0.15) is 19.3 Å². The first kappa shape index (κ1) is 15.7. The molecule has 19 heavy (non-hydrogen) atoms. The highest BCUT2D eigenvalue weighted by atomic mass is 32.2. The van der Waals surface area contributed by atoms with Crippen LogP contribution in [0.3, 0.4) is 0 Å². The largest absolute Gasteiger partial charge is 0.495 e. The number of benzene rings is 1. The Balaban J connectivity index is 2.74. The topological polar surface area (TPSA) is 102 Å². The summed E-state index contributed by atoms with van der Waals surface area (Å²) >= 11 is 0. The molecular weight excluding hydrogens is 268 g/mol. The third-order valence-electron chi connectivity index (χ3n) is 2.60. The van der Waals surface area contributed by atoms with Crippen molar-refractivity contribution in [1.82, 2.24) is 4.72 Å². The van der Waals surface area contributed by atoms with Gasteiger partial charge in [0.15, 0.2) is 0 Å². The molecule has 0 amide bonds. The number of unbranched alkanes of at least 4 members (excludes halogenated alkanes) is 2. The molecule has 0 aliphatic carbocycles. The molecule has 0 aromatic heterocycles. The van der Waals surface area contributed by atoms with Gasteiger partial charge in [0.05, 0.1) is 7.11 Å². The standard InChI is InChI=1S/C12H20N2O4S/c1-18-11-6-5-10(13)9-12(11)19(16,17)14-7-3-2-4-8-15/h5-6,9,14-15H,2-4,7-8,13H2,1H3. The highest BCUT2D eigenvalue weighted by Crippen LogP contribution is 2.25. The summed E-state index contributed by atoms with van der Waals surface area (Å²) in [7, 11) is -2.22. The van der Waals surface area contributed by atoms with Crippen LogP contribution in [0.5, 0.6) is 5.75 Å². The number of hydrogen-bond donors (Lipinski definition) is 3. The molecule has 0 unspecified atom stereocenters. The minimum absolute atomic E-state index is 0.0390. The van der Waals surface area contributed by atoms with Crippen molar-refractivity contribution in [1.29, 1.82) is 0 Å². The number of ether oxygens (including phenoxy) is 1. The molecule has 0 radical (unpaired) electrons. The summed E-state index contributed by atoms with van der Waals surface area (Å²) in [5, 5.41) is 8.63. The molecule has 0 saturated heterocycles. The number of nitrogens with one attached hydrogen (secondary N) is 1. The van der Waals surface area contributed by atoms with Gasteiger partial charge in [-0.3, -0.25) is 0 Å². The Morgan fingerprint density at radius 2 is 2.05 bits per heavy atom. The van der Waals surface area contributed by atoms with Gasteiger partial charge in [-0.05, 0) is 37.5 Å². The smallest absolute Gasteiger partial charge is 0.244 e. The third kappa shape index (κ3) is 4.70. The second-order valence-corrected chi connectivity index (χ2v) is 5.83. The zero-order valence-corrected chi connectivity index (χ0v) is 11.7. The Morgan fingerprint density at radius 1 is 1.32 bits per heavy atom. The minimum atomic E-state index is -3.63. The zero-order chi connectivity index (χ0) is 14.3. The summed E-state index contributed by atoms with van der Waals surface area (Å²) in [6, 6.07) is 4.48. The lowest BCUT2D eigenvalue weighted by Crippen LogP contribution is -2.25. The van der Waals surface area contributed by atoms with Gasteiger partial charge >= 0.3 is 0 Å². The molecule has 0 aliphatic heterocycles. The van der Waals surface area contributed by atoms with Gasteiger partial charge < -0.3 is 15.6 Å². The Labute approximate surface area is 113 Å². The van der Waals surface area contributed by atoms with E-state index in [0.717, 1.165) is 6.42 Å². The first-order valence-electron chi connectivity index (χ1n) is 6.05. The van der Waals surface area contributed by atoms with Gasteiger partial charge in [0.1, 0.15) is 10.6 Å². The number of aliphatic hydroxyl groups is 1. The van der Waals surface area contributed by atoms with Crippen molar-refractivity contribution in [3.63, 3.8) is 0 Å². The fourth-order valence-electron chi connectivity index (χ4n) is 1.60. The van der Waals surface area contributed by atoms with Crippen LogP contribution in [-0.2, 0) is 10.0 Å². The van der Waals surface area contributed by atoms with Crippen LogP contribution in [0.4, 0.5) is 5.69 Å². The Hall–Kier alpha value is -1.31. The average Bonchev–Trinajstić information content (AvgIpc) is 2.38. The number of rotatable bonds is 8. The van der Waals surface area contributed by atoms with Crippen molar-refractivity contribution < 1.29 is 18.3 Å². The van der Waals surface area contributed by atoms with Crippen molar-refractivity contribution in [2.24, 2.45) is 0 Å². The lowest BCUT2D eigenvalue weighted by molar-refractivity contribution is 0.283. The van der Waals surface area contributed by atoms with Crippen molar-refractivity contribution >= 4 is 15.7 Å². The van der Waals surface area contributed by atoms with Crippen LogP contribution in [0, 0.1) is 0 Å². The lowest BCUT2D eigenvalue weighted by atomic mass is 10.2. The van der Waals surface area contributed by atoms with Gasteiger partial charge in [-0.1, -0.05) is 0 Å². The first-order chi connectivity index (χ1) is 9.01. The molecule has 0 bridgehead atoms. The van der Waals surface area contributed by atoms with E-state index < -0.39 is 10.0 Å². The van der Waals surface area contributed by atoms with E-state index in [0.29, 0.717) is 25.1 Å². The molecule has 6 nitrogen and oxygen atoms in total. The van der Waals surface area contributed by atoms with Crippen molar-refractivity contribution in [2.45, 2.75) is 24.2 Å². The Morgan fingerprint density at radius 3 is 2.68 bits per heavy atom. The molecule has 0 heterocycles. The summed E-state index contributed by atoms with van der Waals surface area (Å²) < 4.78 is 31.7. The number of nitrogen functional groups attached to an aromatic ring is 1. The zero-order valence-electron chi connectivity index (χ0n) is 10.9. The maximum absolute atomic E-state index is 12.1. The number of methoxy groups -OCH3 is 1. The summed E-state index contributed by atoms with van der Waals surface area (Å²) in [5.41, 5.74) is 5.96. The summed E-state index contributed by atoms with van der Waals surface area (Å²) in [6.45, 7) is 0.441. The van der Waals surface area contributed by atoms with Crippen molar-refractivity contribution in [2.75, 3.05) is 26.0 Å². The SMILES string of the molecule is COc1ccc(N)cc1S(=O)(=O)NCCCCCO. The van der Waals surface area contributed by atoms with Crippen LogP contribution in [0.2, 0.25) is 0 Å². The molecular formula is C12H20N2O4S. The molecule has 0 saturated carbocycles. The van der Waals surface area contributed by atoms with E-state index in [2.05, 4.69) is 4.72 Å². The quantitative estimate of drug-likeness (QED) is 0.483. The lowest BCUT2D eigenvalue weighted by Gasteiger charge is -2.11. The molecule has 0 spiro atoms. The molecule has 0 fully saturated rings. The van der Waals surface area contributed by atoms with Crippen LogP contribution in [0.25, 0.3) is 0 Å². The minimum Gasteiger partial charge on any atom is -0.495 e. The summed E-state index contributed by atoms with van der Waals surface area (Å²) in [6.07, 6.45) is 2.11. The number of hydrogen-bond acceptors (Lipinski definition) is 5. The summed E-state index contributed by atoms with van der Waals surface area (Å²) in [4.78, 5) is 0.0390. The number of nitrogens with two attached hydrogens (primary N) is 1. The van der Waals surface area contributed by atoms with Gasteiger partial charge in [-0.15, -0.1) is 0 Å².